The minimum atomic E-state index is -2.88. The molecular formula is C19H20F2IN3O3. The highest BCUT2D eigenvalue weighted by atomic mass is 127. The molecule has 150 valence electrons. The van der Waals surface area contributed by atoms with Crippen LogP contribution in [0.15, 0.2) is 36.4 Å². The minimum absolute atomic E-state index is 0.0907. The molecule has 2 N–H and O–H groups in total. The maximum absolute atomic E-state index is 12.7. The molecule has 0 aliphatic rings. The number of halogens is 3. The van der Waals surface area contributed by atoms with Crippen LogP contribution in [0.3, 0.4) is 0 Å². The molecule has 2 amide bonds. The Hall–Kier alpha value is -2.14. The van der Waals surface area contributed by atoms with Gasteiger partial charge in [0.05, 0.1) is 6.61 Å². The molecule has 0 saturated heterocycles. The van der Waals surface area contributed by atoms with Gasteiger partial charge in [-0.3, -0.25) is 9.59 Å². The van der Waals surface area contributed by atoms with Crippen LogP contribution in [0, 0.1) is 6.92 Å². The summed E-state index contributed by atoms with van der Waals surface area (Å²) in [5.41, 5.74) is 2.61. The van der Waals surface area contributed by atoms with E-state index in [1.807, 2.05) is 0 Å². The Morgan fingerprint density at radius 2 is 1.82 bits per heavy atom. The number of rotatable bonds is 8. The van der Waals surface area contributed by atoms with Crippen molar-refractivity contribution in [3.05, 3.63) is 58.8 Å². The summed E-state index contributed by atoms with van der Waals surface area (Å²) in [5, 5.41) is 5.35. The lowest BCUT2D eigenvalue weighted by Crippen LogP contribution is -2.23. The number of amides is 2. The van der Waals surface area contributed by atoms with Crippen molar-refractivity contribution in [2.45, 2.75) is 30.9 Å². The number of nitrogens with one attached hydrogen (secondary N) is 2. The van der Waals surface area contributed by atoms with Crippen LogP contribution in [-0.4, -0.2) is 27.3 Å². The molecule has 0 fully saturated rings. The fourth-order valence-electron chi connectivity index (χ4n) is 2.37. The van der Waals surface area contributed by atoms with Crippen LogP contribution >= 0.6 is 22.6 Å². The number of ether oxygens (including phenoxy) is 1. The second-order valence-electron chi connectivity index (χ2n) is 6.17. The lowest BCUT2D eigenvalue weighted by atomic mass is 10.1. The predicted octanol–water partition coefficient (Wildman–Crippen LogP) is 3.82. The van der Waals surface area contributed by atoms with Crippen molar-refractivity contribution in [3.63, 3.8) is 0 Å². The molecule has 9 heteroatoms. The van der Waals surface area contributed by atoms with E-state index in [-0.39, 0.29) is 18.4 Å². The van der Waals surface area contributed by atoms with Gasteiger partial charge in [-0.05, 0) is 30.2 Å². The summed E-state index contributed by atoms with van der Waals surface area (Å²) >= 11 is 1.03. The van der Waals surface area contributed by atoms with Crippen LogP contribution in [0.25, 0.3) is 0 Å². The first kappa shape index (κ1) is 22.2. The molecule has 0 spiro atoms. The van der Waals surface area contributed by atoms with E-state index >= 15 is 0 Å². The zero-order valence-corrected chi connectivity index (χ0v) is 17.5. The number of hydrogen-bond donors (Lipinski definition) is 2. The lowest BCUT2D eigenvalue weighted by Gasteiger charge is -2.10. The quantitative estimate of drug-likeness (QED) is 0.424. The van der Waals surface area contributed by atoms with Gasteiger partial charge in [0.2, 0.25) is 5.91 Å². The summed E-state index contributed by atoms with van der Waals surface area (Å²) in [6, 6.07) is 10.2. The molecule has 1 aromatic heterocycles. The maximum Gasteiger partial charge on any atom is 0.319 e. The number of alkyl halides is 3. The Morgan fingerprint density at radius 1 is 1.18 bits per heavy atom. The topological polar surface area (TPSA) is 80.3 Å². The van der Waals surface area contributed by atoms with Crippen molar-refractivity contribution in [2.24, 2.45) is 0 Å². The van der Waals surface area contributed by atoms with Gasteiger partial charge in [-0.25, -0.2) is 4.98 Å². The summed E-state index contributed by atoms with van der Waals surface area (Å²) < 4.78 is 27.5. The first-order chi connectivity index (χ1) is 13.1. The Balaban J connectivity index is 1.90. The van der Waals surface area contributed by atoms with Crippen LogP contribution in [0.1, 0.15) is 34.1 Å². The highest BCUT2D eigenvalue weighted by molar-refractivity contribution is 14.1. The van der Waals surface area contributed by atoms with Crippen molar-refractivity contribution in [1.82, 2.24) is 10.3 Å². The predicted molar refractivity (Wildman–Crippen MR) is 110 cm³/mol. The van der Waals surface area contributed by atoms with Gasteiger partial charge in [0.25, 0.3) is 5.91 Å². The van der Waals surface area contributed by atoms with Crippen LogP contribution in [0.5, 0.6) is 0 Å². The summed E-state index contributed by atoms with van der Waals surface area (Å²) in [7, 11) is 0. The number of nitrogens with zero attached hydrogens (tertiary/aromatic N) is 1. The fraction of sp³-hybridized carbons (Fsp3) is 0.316. The molecule has 0 bridgehead atoms. The van der Waals surface area contributed by atoms with Gasteiger partial charge in [-0.15, -0.1) is 0 Å². The molecule has 0 aliphatic heterocycles. The monoisotopic (exact) mass is 503 g/mol. The minimum Gasteiger partial charge on any atom is -0.370 e. The number of pyridine rings is 1. The zero-order chi connectivity index (χ0) is 20.7. The average Bonchev–Trinajstić information content (AvgIpc) is 2.58. The molecule has 0 unspecified atom stereocenters. The van der Waals surface area contributed by atoms with E-state index in [1.165, 1.54) is 13.0 Å². The van der Waals surface area contributed by atoms with Crippen molar-refractivity contribution in [2.75, 3.05) is 11.9 Å². The van der Waals surface area contributed by atoms with Gasteiger partial charge in [-0.2, -0.15) is 8.78 Å². The number of aromatic nitrogens is 1. The van der Waals surface area contributed by atoms with Crippen LogP contribution in [0.4, 0.5) is 14.6 Å². The summed E-state index contributed by atoms with van der Waals surface area (Å²) in [4.78, 5) is 27.7. The van der Waals surface area contributed by atoms with E-state index in [0.29, 0.717) is 23.6 Å². The Morgan fingerprint density at radius 3 is 2.43 bits per heavy atom. The third-order valence-corrected chi connectivity index (χ3v) is 3.84. The second-order valence-corrected chi connectivity index (χ2v) is 7.75. The van der Waals surface area contributed by atoms with Gasteiger partial charge in [0.1, 0.15) is 12.4 Å². The van der Waals surface area contributed by atoms with E-state index in [9.17, 15) is 18.4 Å². The van der Waals surface area contributed by atoms with Gasteiger partial charge in [-0.1, -0.05) is 24.3 Å². The highest BCUT2D eigenvalue weighted by Gasteiger charge is 2.23. The zero-order valence-electron chi connectivity index (χ0n) is 15.4. The first-order valence-corrected chi connectivity index (χ1v) is 9.47. The molecule has 28 heavy (non-hydrogen) atoms. The molecule has 0 radical (unpaired) electrons. The third-order valence-electron chi connectivity index (χ3n) is 3.53. The second kappa shape index (κ2) is 9.87. The third kappa shape index (κ3) is 7.85. The lowest BCUT2D eigenvalue weighted by molar-refractivity contribution is -0.114. The van der Waals surface area contributed by atoms with E-state index in [1.54, 1.807) is 37.3 Å². The normalized spacial score (nSPS) is 11.2. The first-order valence-electron chi connectivity index (χ1n) is 8.39. The molecule has 6 nitrogen and oxygen atoms in total. The highest BCUT2D eigenvalue weighted by Crippen LogP contribution is 2.22. The summed E-state index contributed by atoms with van der Waals surface area (Å²) in [6.45, 7) is 2.84. The van der Waals surface area contributed by atoms with Gasteiger partial charge < -0.3 is 15.4 Å². The molecule has 1 heterocycles. The largest absolute Gasteiger partial charge is 0.370 e. The summed E-state index contributed by atoms with van der Waals surface area (Å²) in [5.74, 6) is -0.247. The van der Waals surface area contributed by atoms with Crippen LogP contribution < -0.4 is 10.6 Å². The van der Waals surface area contributed by atoms with Crippen LogP contribution in [-0.2, 0) is 22.7 Å². The van der Waals surface area contributed by atoms with E-state index < -0.39 is 10.5 Å². The molecule has 0 atom stereocenters. The van der Waals surface area contributed by atoms with E-state index in [2.05, 4.69) is 15.6 Å². The standard InChI is InChI=1S/C19H20F2IN3O3/c1-12-7-16(8-17(24-12)25-13(2)26)18(27)23-9-14-3-5-15(6-4-14)10-28-11-19(20,21)22/h3-8H,9-11H2,1-2H3,(H,23,27)(H,24,25,26). The molecule has 2 aromatic rings. The SMILES string of the molecule is CC(=O)Nc1cc(C(=O)NCc2ccc(COCC(F)(F)I)cc2)cc(C)n1. The van der Waals surface area contributed by atoms with E-state index in [4.69, 9.17) is 4.74 Å². The number of anilines is 1. The number of benzene rings is 1. The molecule has 1 aromatic carbocycles. The smallest absolute Gasteiger partial charge is 0.319 e. The summed E-state index contributed by atoms with van der Waals surface area (Å²) in [6.07, 6.45) is 0. The van der Waals surface area contributed by atoms with Crippen LogP contribution in [0.2, 0.25) is 0 Å². The molecule has 0 aliphatic carbocycles. The Labute approximate surface area is 175 Å². The number of hydrogen-bond acceptors (Lipinski definition) is 4. The molecular weight excluding hydrogens is 483 g/mol. The van der Waals surface area contributed by atoms with Crippen molar-refractivity contribution >= 4 is 40.2 Å². The van der Waals surface area contributed by atoms with Crippen molar-refractivity contribution in [1.29, 1.82) is 0 Å². The number of aryl methyl sites for hydroxylation is 1. The fourth-order valence-corrected chi connectivity index (χ4v) is 2.59. The van der Waals surface area contributed by atoms with Crippen molar-refractivity contribution in [3.8, 4) is 0 Å². The number of carbonyl (C=O) groups excluding carboxylic acids is 2. The molecule has 0 saturated carbocycles. The maximum atomic E-state index is 12.7. The van der Waals surface area contributed by atoms with Gasteiger partial charge in [0, 0.05) is 47.3 Å². The number of carbonyl (C=O) groups is 2. The average molecular weight is 503 g/mol. The van der Waals surface area contributed by atoms with Gasteiger partial charge in [0.15, 0.2) is 0 Å². The van der Waals surface area contributed by atoms with Crippen molar-refractivity contribution < 1.29 is 23.1 Å². The molecule has 2 rings (SSSR count). The van der Waals surface area contributed by atoms with Gasteiger partial charge >= 0.3 is 3.93 Å². The Bertz CT molecular complexity index is 839. The Kier molecular flexibility index (Phi) is 7.81. The van der Waals surface area contributed by atoms with E-state index in [0.717, 1.165) is 33.7 Å².